The van der Waals surface area contributed by atoms with Gasteiger partial charge in [-0.3, -0.25) is 9.59 Å². The summed E-state index contributed by atoms with van der Waals surface area (Å²) in [6.45, 7) is 5.18. The van der Waals surface area contributed by atoms with Crippen LogP contribution < -0.4 is 14.8 Å². The number of nitrogens with one attached hydrogen (secondary N) is 1. The minimum Gasteiger partial charge on any atom is -0.497 e. The second-order valence-corrected chi connectivity index (χ2v) is 12.0. The average molecular weight is 596 g/mol. The Hall–Kier alpha value is -3.93. The second kappa shape index (κ2) is 14.3. The summed E-state index contributed by atoms with van der Waals surface area (Å²) in [5.74, 6) is 0.331. The lowest BCUT2D eigenvalue weighted by Crippen LogP contribution is -2.48. The Morgan fingerprint density at radius 1 is 0.929 bits per heavy atom. The van der Waals surface area contributed by atoms with E-state index in [0.717, 1.165) is 16.7 Å². The van der Waals surface area contributed by atoms with Gasteiger partial charge in [-0.2, -0.15) is 4.31 Å². The van der Waals surface area contributed by atoms with Crippen LogP contribution in [0.5, 0.6) is 11.5 Å². The second-order valence-electron chi connectivity index (χ2n) is 10.0. The van der Waals surface area contributed by atoms with Crippen LogP contribution in [0, 0.1) is 6.92 Å². The van der Waals surface area contributed by atoms with E-state index in [1.807, 2.05) is 43.3 Å². The van der Waals surface area contributed by atoms with E-state index in [4.69, 9.17) is 14.2 Å². The molecule has 224 valence electrons. The van der Waals surface area contributed by atoms with E-state index in [1.165, 1.54) is 33.5 Å². The van der Waals surface area contributed by atoms with Crippen molar-refractivity contribution in [3.8, 4) is 11.5 Å². The zero-order valence-corrected chi connectivity index (χ0v) is 24.9. The summed E-state index contributed by atoms with van der Waals surface area (Å²) in [6.07, 6.45) is 0. The van der Waals surface area contributed by atoms with Gasteiger partial charge in [0.2, 0.25) is 15.9 Å². The molecular formula is C31H37N3O7S. The van der Waals surface area contributed by atoms with Gasteiger partial charge in [0.1, 0.15) is 17.5 Å². The maximum atomic E-state index is 13.4. The van der Waals surface area contributed by atoms with Gasteiger partial charge in [0.15, 0.2) is 6.61 Å². The number of amides is 2. The third-order valence-electron chi connectivity index (χ3n) is 7.06. The van der Waals surface area contributed by atoms with Gasteiger partial charge in [0, 0.05) is 26.2 Å². The largest absolute Gasteiger partial charge is 0.497 e. The monoisotopic (exact) mass is 595 g/mol. The number of rotatable bonds is 12. The summed E-state index contributed by atoms with van der Waals surface area (Å²) < 4.78 is 43.4. The number of ether oxygens (including phenoxy) is 3. The summed E-state index contributed by atoms with van der Waals surface area (Å²) in [4.78, 5) is 28.1. The highest BCUT2D eigenvalue weighted by atomic mass is 32.2. The fourth-order valence-electron chi connectivity index (χ4n) is 4.42. The van der Waals surface area contributed by atoms with E-state index in [-0.39, 0.29) is 24.0 Å². The molecule has 0 radical (unpaired) electrons. The fraction of sp³-hybridized carbons (Fsp3) is 0.355. The maximum Gasteiger partial charge on any atom is 0.261 e. The van der Waals surface area contributed by atoms with E-state index < -0.39 is 22.0 Å². The lowest BCUT2D eigenvalue weighted by molar-refractivity contribution is -0.142. The Morgan fingerprint density at radius 2 is 1.52 bits per heavy atom. The lowest BCUT2D eigenvalue weighted by Gasteiger charge is -2.29. The molecule has 1 aliphatic heterocycles. The number of carbonyl (C=O) groups is 2. The Bertz CT molecular complexity index is 1440. The molecule has 42 heavy (non-hydrogen) atoms. The van der Waals surface area contributed by atoms with Crippen molar-refractivity contribution in [3.63, 3.8) is 0 Å². The van der Waals surface area contributed by atoms with Gasteiger partial charge in [-0.05, 0) is 61.4 Å². The standard InChI is InChI=1S/C31H37N3O7S/c1-23-4-6-25(7-5-23)20-32-31(36)24(2)34(21-26-8-10-27(39-3)11-9-26)30(35)22-41-28-12-14-29(15-13-28)42(37,38)33-16-18-40-19-17-33/h4-15,24H,16-22H2,1-3H3,(H,32,36)/t24-/m0/s1. The van der Waals surface area contributed by atoms with Gasteiger partial charge in [-0.1, -0.05) is 42.0 Å². The number of nitrogens with zero attached hydrogens (tertiary/aromatic N) is 2. The molecule has 1 aliphatic rings. The highest BCUT2D eigenvalue weighted by Gasteiger charge is 2.28. The first kappa shape index (κ1) is 31.0. The first-order valence-corrected chi connectivity index (χ1v) is 15.2. The van der Waals surface area contributed by atoms with Gasteiger partial charge in [0.25, 0.3) is 5.91 Å². The minimum atomic E-state index is -3.64. The van der Waals surface area contributed by atoms with Crippen molar-refractivity contribution < 1.29 is 32.2 Å². The van der Waals surface area contributed by atoms with E-state index in [2.05, 4.69) is 5.32 Å². The molecule has 1 saturated heterocycles. The van der Waals surface area contributed by atoms with Gasteiger partial charge in [-0.15, -0.1) is 0 Å². The Balaban J connectivity index is 1.42. The molecule has 10 nitrogen and oxygen atoms in total. The molecule has 11 heteroatoms. The molecule has 3 aromatic rings. The van der Waals surface area contributed by atoms with Crippen molar-refractivity contribution in [2.45, 2.75) is 37.9 Å². The molecule has 1 heterocycles. The lowest BCUT2D eigenvalue weighted by atomic mass is 10.1. The molecule has 0 bridgehead atoms. The number of aryl methyl sites for hydroxylation is 1. The number of hydrogen-bond acceptors (Lipinski definition) is 7. The highest BCUT2D eigenvalue weighted by molar-refractivity contribution is 7.89. The summed E-state index contributed by atoms with van der Waals surface area (Å²) in [7, 11) is -2.07. The fourth-order valence-corrected chi connectivity index (χ4v) is 5.83. The molecule has 2 amide bonds. The molecular weight excluding hydrogens is 558 g/mol. The first-order valence-electron chi connectivity index (χ1n) is 13.7. The van der Waals surface area contributed by atoms with E-state index >= 15 is 0 Å². The summed E-state index contributed by atoms with van der Waals surface area (Å²) in [5, 5.41) is 2.92. The van der Waals surface area contributed by atoms with Gasteiger partial charge < -0.3 is 24.4 Å². The molecule has 1 fully saturated rings. The number of hydrogen-bond donors (Lipinski definition) is 1. The topological polar surface area (TPSA) is 114 Å². The van der Waals surface area contributed by atoms with Crippen LogP contribution in [0.1, 0.15) is 23.6 Å². The van der Waals surface area contributed by atoms with Gasteiger partial charge >= 0.3 is 0 Å². The first-order chi connectivity index (χ1) is 20.2. The highest BCUT2D eigenvalue weighted by Crippen LogP contribution is 2.21. The molecule has 0 unspecified atom stereocenters. The normalized spacial score (nSPS) is 14.5. The summed E-state index contributed by atoms with van der Waals surface area (Å²) in [5.41, 5.74) is 2.90. The van der Waals surface area contributed by atoms with Crippen LogP contribution in [0.15, 0.2) is 77.7 Å². The van der Waals surface area contributed by atoms with E-state index in [9.17, 15) is 18.0 Å². The van der Waals surface area contributed by atoms with Gasteiger partial charge in [-0.25, -0.2) is 8.42 Å². The predicted octanol–water partition coefficient (Wildman–Crippen LogP) is 3.14. The summed E-state index contributed by atoms with van der Waals surface area (Å²) in [6, 6.07) is 20.3. The van der Waals surface area contributed by atoms with E-state index in [0.29, 0.717) is 44.3 Å². The van der Waals surface area contributed by atoms with Gasteiger partial charge in [0.05, 0.1) is 25.2 Å². The number of carbonyl (C=O) groups excluding carboxylic acids is 2. The third-order valence-corrected chi connectivity index (χ3v) is 8.97. The molecule has 0 saturated carbocycles. The Morgan fingerprint density at radius 3 is 2.14 bits per heavy atom. The molecule has 0 aromatic heterocycles. The zero-order valence-electron chi connectivity index (χ0n) is 24.1. The molecule has 0 spiro atoms. The molecule has 4 rings (SSSR count). The van der Waals surface area contributed by atoms with Crippen LogP contribution >= 0.6 is 0 Å². The van der Waals surface area contributed by atoms with Crippen molar-refractivity contribution in [2.24, 2.45) is 0 Å². The average Bonchev–Trinajstić information content (AvgIpc) is 3.02. The van der Waals surface area contributed by atoms with Crippen LogP contribution in [-0.4, -0.2) is 75.5 Å². The molecule has 3 aromatic carbocycles. The number of sulfonamides is 1. The maximum absolute atomic E-state index is 13.4. The minimum absolute atomic E-state index is 0.142. The predicted molar refractivity (Wildman–Crippen MR) is 158 cm³/mol. The Kier molecular flexibility index (Phi) is 10.6. The van der Waals surface area contributed by atoms with Crippen molar-refractivity contribution in [2.75, 3.05) is 40.0 Å². The van der Waals surface area contributed by atoms with Crippen LogP contribution in [0.2, 0.25) is 0 Å². The SMILES string of the molecule is COc1ccc(CN(C(=O)COc2ccc(S(=O)(=O)N3CCOCC3)cc2)[C@@H](C)C(=O)NCc2ccc(C)cc2)cc1. The number of morpholine rings is 1. The van der Waals surface area contributed by atoms with Crippen LogP contribution in [0.3, 0.4) is 0 Å². The molecule has 0 aliphatic carbocycles. The zero-order chi connectivity index (χ0) is 30.1. The third kappa shape index (κ3) is 8.09. The molecule has 1 atom stereocenters. The van der Waals surface area contributed by atoms with Crippen LogP contribution in [0.4, 0.5) is 0 Å². The van der Waals surface area contributed by atoms with Crippen molar-refractivity contribution in [1.82, 2.24) is 14.5 Å². The number of methoxy groups -OCH3 is 1. The Labute approximate surface area is 247 Å². The van der Waals surface area contributed by atoms with Crippen molar-refractivity contribution in [3.05, 3.63) is 89.5 Å². The summed E-state index contributed by atoms with van der Waals surface area (Å²) >= 11 is 0. The van der Waals surface area contributed by atoms with Crippen molar-refractivity contribution in [1.29, 1.82) is 0 Å². The molecule has 1 N–H and O–H groups in total. The van der Waals surface area contributed by atoms with Crippen LogP contribution in [-0.2, 0) is 37.4 Å². The smallest absolute Gasteiger partial charge is 0.261 e. The quantitative estimate of drug-likeness (QED) is 0.342. The van der Waals surface area contributed by atoms with Crippen LogP contribution in [0.25, 0.3) is 0 Å². The number of benzene rings is 3. The van der Waals surface area contributed by atoms with Crippen molar-refractivity contribution >= 4 is 21.8 Å². The van der Waals surface area contributed by atoms with E-state index in [1.54, 1.807) is 26.2 Å².